The van der Waals surface area contributed by atoms with Gasteiger partial charge in [0, 0.05) is 11.8 Å². The van der Waals surface area contributed by atoms with E-state index in [9.17, 15) is 0 Å². The molecule has 3 nitrogen and oxygen atoms in total. The first-order chi connectivity index (χ1) is 13.7. The topological polar surface area (TPSA) is 30.7 Å². The average molecular weight is 374 g/mol. The van der Waals surface area contributed by atoms with E-state index in [1.807, 2.05) is 0 Å². The van der Waals surface area contributed by atoms with Crippen LogP contribution in [0.15, 0.2) is 54.6 Å². The van der Waals surface area contributed by atoms with Gasteiger partial charge in [0.2, 0.25) is 0 Å². The molecular formula is C25H31N3. The van der Waals surface area contributed by atoms with Crippen LogP contribution in [0.3, 0.4) is 0 Å². The Hall–Kier alpha value is -2.42. The lowest BCUT2D eigenvalue weighted by molar-refractivity contribution is 0.426. The smallest absolute Gasteiger partial charge is 0.154 e. The summed E-state index contributed by atoms with van der Waals surface area (Å²) in [5.41, 5.74) is 3.80. The van der Waals surface area contributed by atoms with E-state index in [2.05, 4.69) is 73.1 Å². The van der Waals surface area contributed by atoms with Crippen molar-refractivity contribution in [3.8, 4) is 11.1 Å². The predicted molar refractivity (Wildman–Crippen MR) is 116 cm³/mol. The molecule has 1 aliphatic rings. The van der Waals surface area contributed by atoms with E-state index in [4.69, 9.17) is 10.1 Å². The second kappa shape index (κ2) is 8.72. The molecule has 0 bridgehead atoms. The molecule has 0 N–H and O–H groups in total. The van der Waals surface area contributed by atoms with Gasteiger partial charge < -0.3 is 0 Å². The van der Waals surface area contributed by atoms with Crippen molar-refractivity contribution in [3.05, 3.63) is 71.8 Å². The Balaban J connectivity index is 1.56. The number of rotatable bonds is 6. The molecule has 146 valence electrons. The van der Waals surface area contributed by atoms with E-state index in [-0.39, 0.29) is 0 Å². The van der Waals surface area contributed by atoms with Crippen LogP contribution in [-0.2, 0) is 6.54 Å². The zero-order chi connectivity index (χ0) is 19.3. The monoisotopic (exact) mass is 373 g/mol. The Kier molecular flexibility index (Phi) is 5.90. The van der Waals surface area contributed by atoms with Crippen LogP contribution in [0.25, 0.3) is 11.1 Å². The SMILES string of the molecule is CCC(C)c1nc(C2CCCCC2)nn1Cc1ccc(-c2ccccc2)cc1. The van der Waals surface area contributed by atoms with Gasteiger partial charge in [0.05, 0.1) is 6.54 Å². The standard InChI is InChI=1S/C25H31N3/c1-3-19(2)25-26-24(23-12-8-5-9-13-23)27-28(25)18-20-14-16-22(17-15-20)21-10-6-4-7-11-21/h4,6-7,10-11,14-17,19,23H,3,5,8-9,12-13,18H2,1-2H3. The van der Waals surface area contributed by atoms with Crippen molar-refractivity contribution in [2.75, 3.05) is 0 Å². The molecule has 2 aromatic carbocycles. The normalized spacial score (nSPS) is 16.2. The Morgan fingerprint density at radius 3 is 2.29 bits per heavy atom. The lowest BCUT2D eigenvalue weighted by atomic mass is 9.89. The summed E-state index contributed by atoms with van der Waals surface area (Å²) < 4.78 is 2.16. The van der Waals surface area contributed by atoms with Crippen LogP contribution in [0, 0.1) is 0 Å². The van der Waals surface area contributed by atoms with E-state index in [1.165, 1.54) is 48.8 Å². The van der Waals surface area contributed by atoms with E-state index >= 15 is 0 Å². The summed E-state index contributed by atoms with van der Waals surface area (Å²) in [5, 5.41) is 4.98. The summed E-state index contributed by atoms with van der Waals surface area (Å²) in [6.45, 7) is 5.30. The van der Waals surface area contributed by atoms with Crippen molar-refractivity contribution in [1.29, 1.82) is 0 Å². The third-order valence-electron chi connectivity index (χ3n) is 6.13. The lowest BCUT2D eigenvalue weighted by Crippen LogP contribution is -2.10. The summed E-state index contributed by atoms with van der Waals surface area (Å²) in [6, 6.07) is 19.4. The highest BCUT2D eigenvalue weighted by atomic mass is 15.3. The molecule has 1 fully saturated rings. The first-order valence-electron chi connectivity index (χ1n) is 10.8. The minimum absolute atomic E-state index is 0.438. The second-order valence-corrected chi connectivity index (χ2v) is 8.19. The van der Waals surface area contributed by atoms with Gasteiger partial charge >= 0.3 is 0 Å². The summed E-state index contributed by atoms with van der Waals surface area (Å²) in [5.74, 6) is 3.22. The van der Waals surface area contributed by atoms with Crippen molar-refractivity contribution in [1.82, 2.24) is 14.8 Å². The fourth-order valence-corrected chi connectivity index (χ4v) is 4.18. The molecule has 3 heteroatoms. The Morgan fingerprint density at radius 2 is 1.61 bits per heavy atom. The fraction of sp³-hybridized carbons (Fsp3) is 0.440. The molecule has 0 spiro atoms. The van der Waals surface area contributed by atoms with Gasteiger partial charge in [0.25, 0.3) is 0 Å². The molecule has 0 amide bonds. The van der Waals surface area contributed by atoms with E-state index < -0.39 is 0 Å². The first-order valence-corrected chi connectivity index (χ1v) is 10.8. The van der Waals surface area contributed by atoms with Crippen LogP contribution in [0.1, 0.15) is 81.4 Å². The maximum absolute atomic E-state index is 5.02. The Morgan fingerprint density at radius 1 is 0.929 bits per heavy atom. The summed E-state index contributed by atoms with van der Waals surface area (Å²) in [4.78, 5) is 5.02. The highest BCUT2D eigenvalue weighted by molar-refractivity contribution is 5.63. The molecule has 4 rings (SSSR count). The van der Waals surface area contributed by atoms with Gasteiger partial charge in [-0.1, -0.05) is 87.7 Å². The van der Waals surface area contributed by atoms with Crippen molar-refractivity contribution >= 4 is 0 Å². The highest BCUT2D eigenvalue weighted by Crippen LogP contribution is 2.32. The van der Waals surface area contributed by atoms with Gasteiger partial charge in [-0.05, 0) is 36.0 Å². The van der Waals surface area contributed by atoms with E-state index in [0.29, 0.717) is 11.8 Å². The third kappa shape index (κ3) is 4.19. The molecule has 1 atom stereocenters. The van der Waals surface area contributed by atoms with Crippen molar-refractivity contribution in [3.63, 3.8) is 0 Å². The predicted octanol–water partition coefficient (Wildman–Crippen LogP) is 6.55. The zero-order valence-electron chi connectivity index (χ0n) is 17.1. The number of hydrogen-bond donors (Lipinski definition) is 0. The molecule has 0 aliphatic heterocycles. The zero-order valence-corrected chi connectivity index (χ0v) is 17.1. The van der Waals surface area contributed by atoms with Gasteiger partial charge in [0.15, 0.2) is 5.82 Å². The highest BCUT2D eigenvalue weighted by Gasteiger charge is 2.23. The van der Waals surface area contributed by atoms with Crippen LogP contribution in [0.2, 0.25) is 0 Å². The molecular weight excluding hydrogens is 342 g/mol. The van der Waals surface area contributed by atoms with Crippen molar-refractivity contribution < 1.29 is 0 Å². The van der Waals surface area contributed by atoms with Gasteiger partial charge in [-0.3, -0.25) is 0 Å². The number of nitrogens with zero attached hydrogens (tertiary/aromatic N) is 3. The van der Waals surface area contributed by atoms with Crippen LogP contribution in [-0.4, -0.2) is 14.8 Å². The molecule has 1 saturated carbocycles. The molecule has 1 unspecified atom stereocenters. The van der Waals surface area contributed by atoms with E-state index in [1.54, 1.807) is 0 Å². The minimum atomic E-state index is 0.438. The van der Waals surface area contributed by atoms with Gasteiger partial charge in [-0.15, -0.1) is 0 Å². The molecule has 0 saturated heterocycles. The fourth-order valence-electron chi connectivity index (χ4n) is 4.18. The van der Waals surface area contributed by atoms with Crippen LogP contribution < -0.4 is 0 Å². The number of hydrogen-bond acceptors (Lipinski definition) is 2. The van der Waals surface area contributed by atoms with Gasteiger partial charge in [-0.25, -0.2) is 9.67 Å². The molecule has 28 heavy (non-hydrogen) atoms. The maximum Gasteiger partial charge on any atom is 0.154 e. The average Bonchev–Trinajstić information content (AvgIpc) is 3.19. The second-order valence-electron chi connectivity index (χ2n) is 8.19. The molecule has 1 aromatic heterocycles. The van der Waals surface area contributed by atoms with Crippen LogP contribution >= 0.6 is 0 Å². The molecule has 1 aliphatic carbocycles. The van der Waals surface area contributed by atoms with E-state index in [0.717, 1.165) is 24.6 Å². The van der Waals surface area contributed by atoms with Crippen molar-refractivity contribution in [2.24, 2.45) is 0 Å². The van der Waals surface area contributed by atoms with Gasteiger partial charge in [0.1, 0.15) is 5.82 Å². The van der Waals surface area contributed by atoms with Crippen LogP contribution in [0.5, 0.6) is 0 Å². The minimum Gasteiger partial charge on any atom is -0.245 e. The summed E-state index contributed by atoms with van der Waals surface area (Å²) >= 11 is 0. The largest absolute Gasteiger partial charge is 0.245 e. The Bertz CT molecular complexity index is 874. The summed E-state index contributed by atoms with van der Waals surface area (Å²) in [6.07, 6.45) is 7.59. The first kappa shape index (κ1) is 18.9. The Labute approximate surface area is 168 Å². The lowest BCUT2D eigenvalue weighted by Gasteiger charge is -2.18. The van der Waals surface area contributed by atoms with Crippen molar-refractivity contribution in [2.45, 2.75) is 70.8 Å². The van der Waals surface area contributed by atoms with Gasteiger partial charge in [-0.2, -0.15) is 5.10 Å². The number of aromatic nitrogens is 3. The number of benzene rings is 2. The molecule has 1 heterocycles. The van der Waals surface area contributed by atoms with Crippen LogP contribution in [0.4, 0.5) is 0 Å². The third-order valence-corrected chi connectivity index (χ3v) is 6.13. The molecule has 3 aromatic rings. The quantitative estimate of drug-likeness (QED) is 0.490. The summed E-state index contributed by atoms with van der Waals surface area (Å²) in [7, 11) is 0. The molecule has 0 radical (unpaired) electrons. The maximum atomic E-state index is 5.02.